The molecule has 2 aliphatic carbocycles. The smallest absolute Gasteiger partial charge is 0.236 e. The van der Waals surface area contributed by atoms with Crippen molar-refractivity contribution in [2.45, 2.75) is 224 Å². The van der Waals surface area contributed by atoms with E-state index in [1.165, 1.54) is 0 Å². The van der Waals surface area contributed by atoms with Gasteiger partial charge in [-0.1, -0.05) is 52.6 Å². The van der Waals surface area contributed by atoms with Crippen LogP contribution in [-0.4, -0.2) is 156 Å². The highest BCUT2D eigenvalue weighted by Gasteiger charge is 2.53. The molecule has 2 saturated heterocycles. The summed E-state index contributed by atoms with van der Waals surface area (Å²) in [6.07, 6.45) is -2.22. The molecule has 4 rings (SSSR count). The minimum absolute atomic E-state index is 0.0526. The lowest BCUT2D eigenvalue weighted by molar-refractivity contribution is -0.318. The first-order valence-electron chi connectivity index (χ1n) is 23.5. The summed E-state index contributed by atoms with van der Waals surface area (Å²) in [7, 11) is 6.99. The van der Waals surface area contributed by atoms with E-state index in [4.69, 9.17) is 43.2 Å². The summed E-state index contributed by atoms with van der Waals surface area (Å²) < 4.78 is 45.4. The molecular weight excluding hydrogens is 801 g/mol. The second-order valence-electron chi connectivity index (χ2n) is 20.2. The first-order valence-corrected chi connectivity index (χ1v) is 23.5. The summed E-state index contributed by atoms with van der Waals surface area (Å²) in [4.78, 5) is 23.2. The van der Waals surface area contributed by atoms with Gasteiger partial charge >= 0.3 is 0 Å². The number of Topliss-reactive ketones (excluding diaryl/α,β-unsaturated/α-hetero) is 1. The summed E-state index contributed by atoms with van der Waals surface area (Å²) in [5.41, 5.74) is -3.38. The Hall–Kier alpha value is -1.34. The number of methoxy groups -OCH3 is 2. The number of hydrogen-bond donors (Lipinski definition) is 4. The fourth-order valence-corrected chi connectivity index (χ4v) is 10.9. The molecule has 0 radical (unpaired) electrons. The van der Waals surface area contributed by atoms with E-state index in [9.17, 15) is 25.2 Å². The summed E-state index contributed by atoms with van der Waals surface area (Å²) in [6.45, 7) is 21.0. The van der Waals surface area contributed by atoms with Crippen LogP contribution in [0.1, 0.15) is 140 Å². The van der Waals surface area contributed by atoms with Gasteiger partial charge < -0.3 is 63.3 Å². The highest BCUT2D eigenvalue weighted by Crippen LogP contribution is 2.43. The van der Waals surface area contributed by atoms with Crippen LogP contribution in [0.25, 0.3) is 0 Å². The number of aliphatic hydroxyl groups is 4. The quantitative estimate of drug-likeness (QED) is 0.140. The zero-order valence-corrected chi connectivity index (χ0v) is 40.8. The molecule has 2 aliphatic heterocycles. The van der Waals surface area contributed by atoms with Gasteiger partial charge in [0.25, 0.3) is 0 Å². The molecule has 15 heteroatoms. The Morgan fingerprint density at radius 3 is 2.03 bits per heavy atom. The number of carbonyl (C=O) groups is 1. The Balaban J connectivity index is 1.93. The molecule has 0 spiro atoms. The normalized spacial score (nSPS) is 46.1. The van der Waals surface area contributed by atoms with Crippen molar-refractivity contribution in [3.05, 3.63) is 0 Å². The van der Waals surface area contributed by atoms with E-state index in [-0.39, 0.29) is 37.2 Å². The Kier molecular flexibility index (Phi) is 18.9. The standard InChI is InChI=1S/C47H86N2O13/c1-16-33-24-35(50)29(5)39(60-36-26-44(9,55-14)41(53)32(8)59-36)31(7)42(61-43-38(51)34(49(12)13)23-28(4)58-43)45(10,56-15)25-27(3)37(30(6)40(52)46(33,11)54)48-62-47(57-17-2)21-19-18-20-22-47/h27-34,36,38-43,51-54H,16-26H2,1-15H3/b48-37+/t27-,28-,29+,30+,31+,32+,33+,34+,36+,38-,39-,40-,41+,42-,43+,44-,45-,46-/m1/s1. The SMILES string of the molecule is CCOC1(O/N=C2\[C@H](C)C[C@@](C)(OC)[C@H](O[C@@H]3O[C@H](C)C[C@H](N(C)C)[C@H]3O)[C@@H](C)[C@H](O[C@H]3C[C@@](C)(OC)[C@@H](O)[C@H](C)O3)[C@@H](C)C(=O)C[C@H](CC)[C@@](C)(O)[C@H](O)[C@H]2C)CCCCC1. The van der Waals surface area contributed by atoms with Gasteiger partial charge in [0.2, 0.25) is 5.79 Å². The van der Waals surface area contributed by atoms with Gasteiger partial charge in [0.05, 0.1) is 53.0 Å². The van der Waals surface area contributed by atoms with Crippen LogP contribution in [0, 0.1) is 29.6 Å². The van der Waals surface area contributed by atoms with Crippen LogP contribution in [-0.2, 0) is 42.8 Å². The molecule has 0 aromatic heterocycles. The number of aliphatic hydroxyl groups excluding tert-OH is 3. The van der Waals surface area contributed by atoms with Crippen molar-refractivity contribution in [3.63, 3.8) is 0 Å². The lowest BCUT2D eigenvalue weighted by Gasteiger charge is -2.50. The molecule has 0 amide bonds. The van der Waals surface area contributed by atoms with Crippen LogP contribution in [0.5, 0.6) is 0 Å². The lowest BCUT2D eigenvalue weighted by Crippen LogP contribution is -2.61. The highest BCUT2D eigenvalue weighted by molar-refractivity contribution is 5.89. The topological polar surface area (TPSA) is 187 Å². The molecule has 2 saturated carbocycles. The van der Waals surface area contributed by atoms with E-state index >= 15 is 0 Å². The Labute approximate surface area is 372 Å². The number of rotatable bonds is 12. The fraction of sp³-hybridized carbons (Fsp3) is 0.957. The predicted octanol–water partition coefficient (Wildman–Crippen LogP) is 5.60. The Morgan fingerprint density at radius 1 is 0.839 bits per heavy atom. The molecule has 62 heavy (non-hydrogen) atoms. The summed E-state index contributed by atoms with van der Waals surface area (Å²) in [6, 6.07) is -0.262. The fourth-order valence-electron chi connectivity index (χ4n) is 10.9. The van der Waals surface area contributed by atoms with Crippen molar-refractivity contribution in [3.8, 4) is 0 Å². The first-order chi connectivity index (χ1) is 28.9. The van der Waals surface area contributed by atoms with Crippen molar-refractivity contribution in [2.75, 3.05) is 34.9 Å². The zero-order valence-electron chi connectivity index (χ0n) is 40.8. The van der Waals surface area contributed by atoms with Gasteiger partial charge in [0.1, 0.15) is 18.0 Å². The van der Waals surface area contributed by atoms with Crippen LogP contribution >= 0.6 is 0 Å². The zero-order chi connectivity index (χ0) is 46.5. The second kappa shape index (κ2) is 22.0. The third-order valence-corrected chi connectivity index (χ3v) is 15.3. The molecule has 18 atom stereocenters. The molecule has 0 unspecified atom stereocenters. The second-order valence-corrected chi connectivity index (χ2v) is 20.2. The van der Waals surface area contributed by atoms with Gasteiger partial charge in [0.15, 0.2) is 12.6 Å². The summed E-state index contributed by atoms with van der Waals surface area (Å²) in [5, 5.41) is 52.4. The monoisotopic (exact) mass is 887 g/mol. The molecular formula is C47H86N2O13. The Morgan fingerprint density at radius 2 is 1.47 bits per heavy atom. The van der Waals surface area contributed by atoms with Crippen LogP contribution in [0.2, 0.25) is 0 Å². The third-order valence-electron chi connectivity index (χ3n) is 15.3. The predicted molar refractivity (Wildman–Crippen MR) is 235 cm³/mol. The number of likely N-dealkylation sites (N-methyl/N-ethyl adjacent to an activating group) is 1. The van der Waals surface area contributed by atoms with Crippen molar-refractivity contribution in [2.24, 2.45) is 34.7 Å². The maximum Gasteiger partial charge on any atom is 0.236 e. The van der Waals surface area contributed by atoms with Crippen LogP contribution in [0.4, 0.5) is 0 Å². The highest BCUT2D eigenvalue weighted by atomic mass is 16.8. The van der Waals surface area contributed by atoms with Gasteiger partial charge in [0, 0.05) is 76.2 Å². The molecule has 0 aromatic carbocycles. The van der Waals surface area contributed by atoms with Gasteiger partial charge in [-0.05, 0) is 87.2 Å². The largest absolute Gasteiger partial charge is 0.389 e. The van der Waals surface area contributed by atoms with E-state index in [0.717, 1.165) is 19.3 Å². The number of carbonyl (C=O) groups excluding carboxylic acids is 1. The molecule has 4 aliphatic rings. The summed E-state index contributed by atoms with van der Waals surface area (Å²) >= 11 is 0. The minimum atomic E-state index is -1.71. The number of ether oxygens (including phenoxy) is 7. The number of ketones is 1. The van der Waals surface area contributed by atoms with Crippen molar-refractivity contribution < 1.29 is 63.2 Å². The van der Waals surface area contributed by atoms with Crippen LogP contribution in [0.15, 0.2) is 5.16 Å². The van der Waals surface area contributed by atoms with Gasteiger partial charge in [-0.3, -0.25) is 4.79 Å². The van der Waals surface area contributed by atoms with E-state index in [1.807, 2.05) is 81.3 Å². The number of nitrogens with zero attached hydrogens (tertiary/aromatic N) is 2. The molecule has 4 fully saturated rings. The maximum absolute atomic E-state index is 14.8. The van der Waals surface area contributed by atoms with Crippen molar-refractivity contribution >= 4 is 11.5 Å². The average molecular weight is 887 g/mol. The van der Waals surface area contributed by atoms with Crippen molar-refractivity contribution in [1.29, 1.82) is 0 Å². The van der Waals surface area contributed by atoms with Gasteiger partial charge in [-0.25, -0.2) is 0 Å². The molecule has 4 N–H and O–H groups in total. The lowest BCUT2D eigenvalue weighted by atomic mass is 9.69. The molecule has 0 aromatic rings. The van der Waals surface area contributed by atoms with Crippen molar-refractivity contribution in [1.82, 2.24) is 4.90 Å². The number of hydrogen-bond acceptors (Lipinski definition) is 15. The minimum Gasteiger partial charge on any atom is -0.389 e. The van der Waals surface area contributed by atoms with Crippen LogP contribution in [0.3, 0.4) is 0 Å². The molecule has 362 valence electrons. The Bertz CT molecular complexity index is 1440. The summed E-state index contributed by atoms with van der Waals surface area (Å²) in [5.74, 6) is -4.29. The third kappa shape index (κ3) is 11.8. The molecule has 0 bridgehead atoms. The van der Waals surface area contributed by atoms with Crippen LogP contribution < -0.4 is 0 Å². The maximum atomic E-state index is 14.8. The van der Waals surface area contributed by atoms with Gasteiger partial charge in [-0.15, -0.1) is 0 Å². The van der Waals surface area contributed by atoms with Gasteiger partial charge in [-0.2, -0.15) is 0 Å². The molecule has 2 heterocycles. The van der Waals surface area contributed by atoms with E-state index in [2.05, 4.69) is 0 Å². The van der Waals surface area contributed by atoms with E-state index in [1.54, 1.807) is 28.1 Å². The molecule has 15 nitrogen and oxygen atoms in total. The average Bonchev–Trinajstić information content (AvgIpc) is 3.22. The first kappa shape index (κ1) is 53.3. The number of oxime groups is 1. The van der Waals surface area contributed by atoms with E-state index < -0.39 is 101 Å². The van der Waals surface area contributed by atoms with E-state index in [0.29, 0.717) is 38.0 Å².